The molecular formula is C13H20N2O4S. The Bertz CT molecular complexity index is 559. The number of carbonyl (C=O) groups excluding carboxylic acids is 1. The van der Waals surface area contributed by atoms with E-state index in [-0.39, 0.29) is 17.2 Å². The maximum atomic E-state index is 11.6. The zero-order valence-electron chi connectivity index (χ0n) is 12.1. The van der Waals surface area contributed by atoms with Crippen molar-refractivity contribution in [3.63, 3.8) is 0 Å². The van der Waals surface area contributed by atoms with E-state index in [9.17, 15) is 13.2 Å². The van der Waals surface area contributed by atoms with Gasteiger partial charge < -0.3 is 10.1 Å². The molecular weight excluding hydrogens is 280 g/mol. The van der Waals surface area contributed by atoms with Gasteiger partial charge in [-0.05, 0) is 32.9 Å². The monoisotopic (exact) mass is 300 g/mol. The molecule has 6 nitrogen and oxygen atoms in total. The Morgan fingerprint density at radius 1 is 1.35 bits per heavy atom. The van der Waals surface area contributed by atoms with Gasteiger partial charge >= 0.3 is 6.09 Å². The van der Waals surface area contributed by atoms with Crippen molar-refractivity contribution in [1.29, 1.82) is 0 Å². The molecule has 0 bridgehead atoms. The molecule has 0 saturated heterocycles. The first-order chi connectivity index (χ1) is 9.14. The molecule has 0 spiro atoms. The predicted molar refractivity (Wildman–Crippen MR) is 75.0 cm³/mol. The molecule has 0 aliphatic heterocycles. The number of nitrogens with one attached hydrogen (secondary N) is 1. The number of carbonyl (C=O) groups is 1. The van der Waals surface area contributed by atoms with Crippen molar-refractivity contribution in [2.75, 3.05) is 5.75 Å². The highest BCUT2D eigenvalue weighted by atomic mass is 32.2. The molecule has 0 fully saturated rings. The van der Waals surface area contributed by atoms with E-state index < -0.39 is 21.5 Å². The molecule has 1 amide bonds. The number of rotatable bonds is 4. The molecule has 0 unspecified atom stereocenters. The van der Waals surface area contributed by atoms with E-state index in [1.54, 1.807) is 33.8 Å². The van der Waals surface area contributed by atoms with Crippen LogP contribution >= 0.6 is 0 Å². The summed E-state index contributed by atoms with van der Waals surface area (Å²) in [6.07, 6.45) is 0.759. The van der Waals surface area contributed by atoms with Crippen molar-refractivity contribution in [3.05, 3.63) is 24.0 Å². The van der Waals surface area contributed by atoms with E-state index in [2.05, 4.69) is 10.3 Å². The van der Waals surface area contributed by atoms with E-state index in [0.717, 1.165) is 0 Å². The Kier molecular flexibility index (Phi) is 5.10. The Morgan fingerprint density at radius 2 is 2.00 bits per heavy atom. The van der Waals surface area contributed by atoms with Gasteiger partial charge in [0.25, 0.3) is 0 Å². The van der Waals surface area contributed by atoms with Crippen LogP contribution in [-0.2, 0) is 21.1 Å². The fourth-order valence-corrected chi connectivity index (χ4v) is 2.17. The molecule has 7 heteroatoms. The fourth-order valence-electron chi connectivity index (χ4n) is 1.34. The summed E-state index contributed by atoms with van der Waals surface area (Å²) in [5, 5.41) is 2.55. The van der Waals surface area contributed by atoms with Crippen LogP contribution in [0.3, 0.4) is 0 Å². The Balaban J connectivity index is 2.61. The zero-order valence-corrected chi connectivity index (χ0v) is 13.0. The lowest BCUT2D eigenvalue weighted by Gasteiger charge is -2.19. The lowest BCUT2D eigenvalue weighted by molar-refractivity contribution is 0.0523. The largest absolute Gasteiger partial charge is 0.444 e. The van der Waals surface area contributed by atoms with Crippen molar-refractivity contribution >= 4 is 15.9 Å². The van der Waals surface area contributed by atoms with Crippen LogP contribution in [0, 0.1) is 0 Å². The summed E-state index contributed by atoms with van der Waals surface area (Å²) >= 11 is 0. The van der Waals surface area contributed by atoms with Crippen LogP contribution in [0.4, 0.5) is 4.79 Å². The summed E-state index contributed by atoms with van der Waals surface area (Å²) in [6.45, 7) is 7.08. The van der Waals surface area contributed by atoms with Crippen LogP contribution in [0.25, 0.3) is 0 Å². The highest BCUT2D eigenvalue weighted by Crippen LogP contribution is 2.10. The van der Waals surface area contributed by atoms with Gasteiger partial charge in [-0.15, -0.1) is 0 Å². The standard InChI is InChI=1S/C13H20N2O4S/c1-5-20(17,18)11-7-6-10(14-9-11)8-15-12(16)19-13(2,3)4/h6-7,9H,5,8H2,1-4H3,(H,15,16). The van der Waals surface area contributed by atoms with Gasteiger partial charge in [0.05, 0.1) is 22.9 Å². The van der Waals surface area contributed by atoms with Crippen LogP contribution in [0.2, 0.25) is 0 Å². The van der Waals surface area contributed by atoms with Gasteiger partial charge in [0, 0.05) is 6.20 Å². The first-order valence-corrected chi connectivity index (χ1v) is 7.94. The summed E-state index contributed by atoms with van der Waals surface area (Å²) in [5.41, 5.74) is 0.00208. The van der Waals surface area contributed by atoms with Crippen LogP contribution in [-0.4, -0.2) is 30.8 Å². The number of pyridine rings is 1. The smallest absolute Gasteiger partial charge is 0.407 e. The number of hydrogen-bond acceptors (Lipinski definition) is 5. The second-order valence-electron chi connectivity index (χ2n) is 5.24. The fraction of sp³-hybridized carbons (Fsp3) is 0.538. The van der Waals surface area contributed by atoms with Crippen molar-refractivity contribution in [2.45, 2.75) is 44.7 Å². The van der Waals surface area contributed by atoms with Gasteiger partial charge in [-0.25, -0.2) is 13.2 Å². The number of sulfone groups is 1. The molecule has 0 aromatic carbocycles. The Hall–Kier alpha value is -1.63. The molecule has 1 rings (SSSR count). The summed E-state index contributed by atoms with van der Waals surface area (Å²) < 4.78 is 28.3. The molecule has 20 heavy (non-hydrogen) atoms. The van der Waals surface area contributed by atoms with Crippen molar-refractivity contribution < 1.29 is 17.9 Å². The zero-order chi connectivity index (χ0) is 15.4. The van der Waals surface area contributed by atoms with E-state index >= 15 is 0 Å². The third-order valence-corrected chi connectivity index (χ3v) is 4.07. The highest BCUT2D eigenvalue weighted by Gasteiger charge is 2.16. The molecule has 0 atom stereocenters. The van der Waals surface area contributed by atoms with Gasteiger partial charge in [-0.1, -0.05) is 6.92 Å². The number of ether oxygens (including phenoxy) is 1. The summed E-state index contributed by atoms with van der Waals surface area (Å²) in [7, 11) is -3.24. The molecule has 0 radical (unpaired) electrons. The average molecular weight is 300 g/mol. The maximum absolute atomic E-state index is 11.6. The van der Waals surface area contributed by atoms with Gasteiger partial charge in [0.2, 0.25) is 0 Å². The number of nitrogens with zero attached hydrogens (tertiary/aromatic N) is 1. The average Bonchev–Trinajstić information content (AvgIpc) is 2.35. The Morgan fingerprint density at radius 3 is 2.45 bits per heavy atom. The number of hydrogen-bond donors (Lipinski definition) is 1. The topological polar surface area (TPSA) is 85.4 Å². The minimum Gasteiger partial charge on any atom is -0.444 e. The van der Waals surface area contributed by atoms with Crippen LogP contribution in [0.5, 0.6) is 0 Å². The third kappa shape index (κ3) is 5.16. The predicted octanol–water partition coefficient (Wildman–Crippen LogP) is 1.90. The van der Waals surface area contributed by atoms with Gasteiger partial charge in [-0.3, -0.25) is 4.98 Å². The maximum Gasteiger partial charge on any atom is 0.407 e. The van der Waals surface area contributed by atoms with Crippen molar-refractivity contribution in [3.8, 4) is 0 Å². The van der Waals surface area contributed by atoms with Gasteiger partial charge in [-0.2, -0.15) is 0 Å². The molecule has 1 aromatic heterocycles. The molecule has 1 aromatic rings. The quantitative estimate of drug-likeness (QED) is 0.918. The van der Waals surface area contributed by atoms with E-state index in [4.69, 9.17) is 4.74 Å². The molecule has 0 aliphatic rings. The number of alkyl carbamates (subject to hydrolysis) is 1. The second kappa shape index (κ2) is 6.21. The van der Waals surface area contributed by atoms with Gasteiger partial charge in [0.15, 0.2) is 9.84 Å². The van der Waals surface area contributed by atoms with Crippen LogP contribution in [0.1, 0.15) is 33.4 Å². The first kappa shape index (κ1) is 16.4. The van der Waals surface area contributed by atoms with Crippen molar-refractivity contribution in [1.82, 2.24) is 10.3 Å². The minimum atomic E-state index is -3.24. The third-order valence-electron chi connectivity index (χ3n) is 2.35. The van der Waals surface area contributed by atoms with E-state index in [0.29, 0.717) is 5.69 Å². The van der Waals surface area contributed by atoms with Gasteiger partial charge in [0.1, 0.15) is 5.60 Å². The van der Waals surface area contributed by atoms with E-state index in [1.807, 2.05) is 0 Å². The Labute approximate surface area is 119 Å². The molecule has 0 saturated carbocycles. The first-order valence-electron chi connectivity index (χ1n) is 6.28. The summed E-state index contributed by atoms with van der Waals surface area (Å²) in [5.74, 6) is 0.0319. The lowest BCUT2D eigenvalue weighted by atomic mass is 10.2. The molecule has 112 valence electrons. The van der Waals surface area contributed by atoms with E-state index in [1.165, 1.54) is 12.3 Å². The molecule has 1 heterocycles. The van der Waals surface area contributed by atoms with Crippen LogP contribution < -0.4 is 5.32 Å². The van der Waals surface area contributed by atoms with Crippen LogP contribution in [0.15, 0.2) is 23.2 Å². The summed E-state index contributed by atoms with van der Waals surface area (Å²) in [4.78, 5) is 15.6. The molecule has 0 aliphatic carbocycles. The number of aromatic nitrogens is 1. The normalized spacial score (nSPS) is 12.0. The lowest BCUT2D eigenvalue weighted by Crippen LogP contribution is -2.32. The summed E-state index contributed by atoms with van der Waals surface area (Å²) in [6, 6.07) is 3.05. The number of amides is 1. The van der Waals surface area contributed by atoms with Crippen molar-refractivity contribution in [2.24, 2.45) is 0 Å². The highest BCUT2D eigenvalue weighted by molar-refractivity contribution is 7.91. The minimum absolute atomic E-state index is 0.0319. The molecule has 1 N–H and O–H groups in total. The SMILES string of the molecule is CCS(=O)(=O)c1ccc(CNC(=O)OC(C)(C)C)nc1. The second-order valence-corrected chi connectivity index (χ2v) is 7.52.